The third-order valence-electron chi connectivity index (χ3n) is 4.83. The molecule has 2 bridgehead atoms. The van der Waals surface area contributed by atoms with E-state index in [1.807, 2.05) is 0 Å². The van der Waals surface area contributed by atoms with Crippen LogP contribution in [0.2, 0.25) is 0 Å². The zero-order chi connectivity index (χ0) is 16.0. The Hall–Kier alpha value is -2.29. The fraction of sp³-hybridized carbons (Fsp3) is 0.500. The van der Waals surface area contributed by atoms with Crippen LogP contribution < -0.4 is 10.6 Å². The maximum absolute atomic E-state index is 12.5. The van der Waals surface area contributed by atoms with Gasteiger partial charge in [-0.25, -0.2) is 4.79 Å². The summed E-state index contributed by atoms with van der Waals surface area (Å²) in [5, 5.41) is 12.7. The van der Waals surface area contributed by atoms with Crippen LogP contribution in [0.4, 0.5) is 9.93 Å². The third-order valence-corrected chi connectivity index (χ3v) is 5.44. The van der Waals surface area contributed by atoms with Crippen LogP contribution in [0.3, 0.4) is 0 Å². The molecule has 0 spiro atoms. The summed E-state index contributed by atoms with van der Waals surface area (Å²) in [7, 11) is 0. The van der Waals surface area contributed by atoms with Gasteiger partial charge in [0.05, 0.1) is 11.8 Å². The molecule has 23 heavy (non-hydrogen) atoms. The van der Waals surface area contributed by atoms with Gasteiger partial charge < -0.3 is 5.32 Å². The number of hydrogen-bond acceptors (Lipinski definition) is 6. The molecular weight excluding hydrogens is 318 g/mol. The molecule has 2 fully saturated rings. The standard InChI is InChI=1S/C14H15N5O3S/c20-11-9-7-1-2-8(4-3-7)10(9)12(21)19(11)5-15-13(22)17-14-18-16-6-23-14/h1-2,6-10H,3-5H2,(H2,15,17,18,22). The summed E-state index contributed by atoms with van der Waals surface area (Å²) in [6.07, 6.45) is 6.06. The molecule has 0 aromatic carbocycles. The molecule has 2 heterocycles. The van der Waals surface area contributed by atoms with Gasteiger partial charge >= 0.3 is 6.03 Å². The van der Waals surface area contributed by atoms with Crippen molar-refractivity contribution in [2.24, 2.45) is 23.7 Å². The van der Waals surface area contributed by atoms with Crippen molar-refractivity contribution in [1.82, 2.24) is 20.4 Å². The van der Waals surface area contributed by atoms with Gasteiger partial charge in [-0.05, 0) is 24.7 Å². The Morgan fingerprint density at radius 3 is 2.39 bits per heavy atom. The summed E-state index contributed by atoms with van der Waals surface area (Å²) < 4.78 is 0. The fourth-order valence-electron chi connectivity index (χ4n) is 3.81. The van der Waals surface area contributed by atoms with Crippen LogP contribution in [0.5, 0.6) is 0 Å². The van der Waals surface area contributed by atoms with Crippen molar-refractivity contribution in [3.63, 3.8) is 0 Å². The molecule has 2 N–H and O–H groups in total. The van der Waals surface area contributed by atoms with Crippen LogP contribution in [-0.4, -0.2) is 39.6 Å². The van der Waals surface area contributed by atoms with E-state index in [-0.39, 0.29) is 42.2 Å². The molecule has 120 valence electrons. The first-order valence-electron chi connectivity index (χ1n) is 7.49. The van der Waals surface area contributed by atoms with Crippen molar-refractivity contribution in [3.8, 4) is 0 Å². The highest BCUT2D eigenvalue weighted by Crippen LogP contribution is 2.49. The third kappa shape index (κ3) is 2.31. The lowest BCUT2D eigenvalue weighted by Gasteiger charge is -2.38. The van der Waals surface area contributed by atoms with Gasteiger partial charge in [0.2, 0.25) is 16.9 Å². The predicted octanol–water partition coefficient (Wildman–Crippen LogP) is 0.814. The Labute approximate surface area is 135 Å². The number of hydrogen-bond donors (Lipinski definition) is 2. The van der Waals surface area contributed by atoms with E-state index in [1.165, 1.54) is 21.7 Å². The number of amides is 4. The van der Waals surface area contributed by atoms with Gasteiger partial charge in [0.1, 0.15) is 12.2 Å². The highest BCUT2D eigenvalue weighted by Gasteiger charge is 2.56. The number of allylic oxidation sites excluding steroid dienone is 2. The molecule has 4 atom stereocenters. The molecule has 9 heteroatoms. The van der Waals surface area contributed by atoms with Crippen molar-refractivity contribution >= 4 is 34.3 Å². The molecule has 1 aliphatic heterocycles. The van der Waals surface area contributed by atoms with Gasteiger partial charge in [-0.2, -0.15) is 0 Å². The number of nitrogens with one attached hydrogen (secondary N) is 2. The van der Waals surface area contributed by atoms with E-state index in [9.17, 15) is 14.4 Å². The molecule has 4 unspecified atom stereocenters. The number of carbonyl (C=O) groups is 3. The Bertz CT molecular complexity index is 657. The normalized spacial score (nSPS) is 31.4. The smallest absolute Gasteiger partial charge is 0.320 e. The highest BCUT2D eigenvalue weighted by molar-refractivity contribution is 7.13. The lowest BCUT2D eigenvalue weighted by atomic mass is 9.63. The van der Waals surface area contributed by atoms with Gasteiger partial charge in [0.25, 0.3) is 0 Å². The van der Waals surface area contributed by atoms with E-state index in [4.69, 9.17) is 0 Å². The van der Waals surface area contributed by atoms with E-state index in [2.05, 4.69) is 33.0 Å². The summed E-state index contributed by atoms with van der Waals surface area (Å²) in [6, 6.07) is -0.515. The van der Waals surface area contributed by atoms with E-state index in [0.29, 0.717) is 5.13 Å². The minimum Gasteiger partial charge on any atom is -0.320 e. The lowest BCUT2D eigenvalue weighted by Crippen LogP contribution is -2.43. The molecule has 4 amide bonds. The number of fused-ring (bicyclic) bond motifs is 1. The van der Waals surface area contributed by atoms with Crippen molar-refractivity contribution in [2.45, 2.75) is 12.8 Å². The van der Waals surface area contributed by atoms with Gasteiger partial charge in [0, 0.05) is 0 Å². The first-order valence-corrected chi connectivity index (χ1v) is 8.37. The zero-order valence-electron chi connectivity index (χ0n) is 12.1. The van der Waals surface area contributed by atoms with Crippen molar-refractivity contribution < 1.29 is 14.4 Å². The van der Waals surface area contributed by atoms with E-state index < -0.39 is 6.03 Å². The van der Waals surface area contributed by atoms with Gasteiger partial charge in [-0.3, -0.25) is 19.8 Å². The second kappa shape index (κ2) is 5.41. The molecule has 0 radical (unpaired) electrons. The molecule has 8 nitrogen and oxygen atoms in total. The molecular formula is C14H15N5O3S. The van der Waals surface area contributed by atoms with Gasteiger partial charge in [-0.15, -0.1) is 10.2 Å². The molecule has 4 aliphatic rings. The Morgan fingerprint density at radius 2 is 1.87 bits per heavy atom. The number of imide groups is 1. The molecule has 1 saturated heterocycles. The molecule has 1 saturated carbocycles. The Morgan fingerprint density at radius 1 is 1.22 bits per heavy atom. The highest BCUT2D eigenvalue weighted by atomic mass is 32.1. The van der Waals surface area contributed by atoms with E-state index in [1.54, 1.807) is 0 Å². The Balaban J connectivity index is 1.41. The number of rotatable bonds is 3. The summed E-state index contributed by atoms with van der Waals surface area (Å²) in [4.78, 5) is 38.1. The predicted molar refractivity (Wildman–Crippen MR) is 81.1 cm³/mol. The number of carbonyl (C=O) groups excluding carboxylic acids is 3. The zero-order valence-corrected chi connectivity index (χ0v) is 13.0. The first kappa shape index (κ1) is 14.3. The molecule has 1 aromatic rings. The fourth-order valence-corrected chi connectivity index (χ4v) is 4.25. The van der Waals surface area contributed by atoms with Gasteiger partial charge in [0.15, 0.2) is 0 Å². The minimum atomic E-state index is -0.515. The van der Waals surface area contributed by atoms with E-state index in [0.717, 1.165) is 12.8 Å². The minimum absolute atomic E-state index is 0.116. The van der Waals surface area contributed by atoms with Crippen molar-refractivity contribution in [3.05, 3.63) is 17.7 Å². The van der Waals surface area contributed by atoms with Crippen LogP contribution in [0, 0.1) is 23.7 Å². The number of urea groups is 1. The summed E-state index contributed by atoms with van der Waals surface area (Å²) in [5.41, 5.74) is 1.50. The largest absolute Gasteiger partial charge is 0.322 e. The molecule has 1 aromatic heterocycles. The molecule has 3 aliphatic carbocycles. The van der Waals surface area contributed by atoms with Crippen LogP contribution in [0.15, 0.2) is 17.7 Å². The summed E-state index contributed by atoms with van der Waals surface area (Å²) >= 11 is 1.19. The first-order chi connectivity index (χ1) is 11.1. The second-order valence-electron chi connectivity index (χ2n) is 5.98. The van der Waals surface area contributed by atoms with Crippen LogP contribution in [-0.2, 0) is 9.59 Å². The van der Waals surface area contributed by atoms with Crippen LogP contribution in [0.1, 0.15) is 12.8 Å². The van der Waals surface area contributed by atoms with Crippen molar-refractivity contribution in [1.29, 1.82) is 0 Å². The number of likely N-dealkylation sites (tertiary alicyclic amines) is 1. The number of anilines is 1. The average molecular weight is 333 g/mol. The molecule has 5 rings (SSSR count). The van der Waals surface area contributed by atoms with Crippen LogP contribution >= 0.6 is 11.3 Å². The summed E-state index contributed by atoms with van der Waals surface area (Å²) in [6.45, 7) is -0.116. The number of aromatic nitrogens is 2. The SMILES string of the molecule is O=C(NCN1C(=O)C2C3C=CC(CC3)C2C1=O)Nc1nncs1. The Kier molecular flexibility index (Phi) is 3.37. The summed E-state index contributed by atoms with van der Waals surface area (Å²) in [5.74, 6) is -0.535. The maximum Gasteiger partial charge on any atom is 0.322 e. The van der Waals surface area contributed by atoms with Crippen LogP contribution in [0.25, 0.3) is 0 Å². The average Bonchev–Trinajstić information content (AvgIpc) is 3.16. The quantitative estimate of drug-likeness (QED) is 0.629. The number of nitrogens with zero attached hydrogens (tertiary/aromatic N) is 3. The maximum atomic E-state index is 12.5. The second-order valence-corrected chi connectivity index (χ2v) is 6.81. The monoisotopic (exact) mass is 333 g/mol. The van der Waals surface area contributed by atoms with Crippen molar-refractivity contribution in [2.75, 3.05) is 12.0 Å². The lowest BCUT2D eigenvalue weighted by molar-refractivity contribution is -0.140. The van der Waals surface area contributed by atoms with E-state index >= 15 is 0 Å². The van der Waals surface area contributed by atoms with Gasteiger partial charge in [-0.1, -0.05) is 23.5 Å². The topological polar surface area (TPSA) is 104 Å².